The maximum absolute atomic E-state index is 13.3. The Morgan fingerprint density at radius 3 is 2.72 bits per heavy atom. The number of benzene rings is 1. The molecule has 1 N–H and O–H groups in total. The molecule has 3 aliphatic heterocycles. The van der Waals surface area contributed by atoms with Crippen molar-refractivity contribution >= 4 is 40.9 Å². The summed E-state index contributed by atoms with van der Waals surface area (Å²) in [6.45, 7) is 4.45. The van der Waals surface area contributed by atoms with Gasteiger partial charge in [0.05, 0.1) is 24.0 Å². The van der Waals surface area contributed by atoms with E-state index >= 15 is 0 Å². The van der Waals surface area contributed by atoms with E-state index in [0.29, 0.717) is 5.69 Å². The highest BCUT2D eigenvalue weighted by molar-refractivity contribution is 7.99. The van der Waals surface area contributed by atoms with Gasteiger partial charge in [-0.2, -0.15) is 11.8 Å². The summed E-state index contributed by atoms with van der Waals surface area (Å²) in [5.74, 6) is 1.99. The first-order valence-electron chi connectivity index (χ1n) is 10.4. The Morgan fingerprint density at radius 1 is 1.17 bits per heavy atom. The van der Waals surface area contributed by atoms with Gasteiger partial charge in [-0.1, -0.05) is 12.1 Å². The lowest BCUT2D eigenvalue weighted by Gasteiger charge is -2.34. The molecule has 1 aromatic rings. The van der Waals surface area contributed by atoms with Crippen molar-refractivity contribution in [1.82, 2.24) is 9.80 Å². The third-order valence-electron chi connectivity index (χ3n) is 5.94. The van der Waals surface area contributed by atoms with Crippen molar-refractivity contribution in [3.8, 4) is 0 Å². The monoisotopic (exact) mass is 416 g/mol. The van der Waals surface area contributed by atoms with Crippen LogP contribution in [0.3, 0.4) is 0 Å². The molecule has 0 spiro atoms. The minimum atomic E-state index is -0.234. The molecule has 2 atom stereocenters. The summed E-state index contributed by atoms with van der Waals surface area (Å²) in [4.78, 5) is 44.3. The van der Waals surface area contributed by atoms with Gasteiger partial charge in [0.25, 0.3) is 0 Å². The van der Waals surface area contributed by atoms with Gasteiger partial charge in [0.15, 0.2) is 0 Å². The fraction of sp³-hybridized carbons (Fsp3) is 0.571. The van der Waals surface area contributed by atoms with Crippen LogP contribution < -0.4 is 10.2 Å². The largest absolute Gasteiger partial charge is 0.340 e. The summed E-state index contributed by atoms with van der Waals surface area (Å²) >= 11 is 1.88. The van der Waals surface area contributed by atoms with Crippen LogP contribution in [-0.2, 0) is 14.4 Å². The van der Waals surface area contributed by atoms with E-state index < -0.39 is 0 Å². The quantitative estimate of drug-likeness (QED) is 0.813. The normalized spacial score (nSPS) is 25.3. The van der Waals surface area contributed by atoms with Crippen LogP contribution >= 0.6 is 11.8 Å². The molecule has 3 heterocycles. The van der Waals surface area contributed by atoms with Gasteiger partial charge in [-0.25, -0.2) is 0 Å². The van der Waals surface area contributed by atoms with Gasteiger partial charge >= 0.3 is 0 Å². The smallest absolute Gasteiger partial charge is 0.241 e. The molecule has 0 radical (unpaired) electrons. The van der Waals surface area contributed by atoms with Gasteiger partial charge in [-0.15, -0.1) is 0 Å². The number of nitrogens with zero attached hydrogens (tertiary/aromatic N) is 3. The lowest BCUT2D eigenvalue weighted by Crippen LogP contribution is -2.52. The maximum atomic E-state index is 13.3. The topological polar surface area (TPSA) is 73.0 Å². The van der Waals surface area contributed by atoms with Gasteiger partial charge in [0, 0.05) is 37.1 Å². The van der Waals surface area contributed by atoms with Gasteiger partial charge in [0.2, 0.25) is 17.7 Å². The first-order chi connectivity index (χ1) is 14.0. The molecule has 156 valence electrons. The zero-order valence-electron chi connectivity index (χ0n) is 16.8. The zero-order chi connectivity index (χ0) is 20.4. The number of carbonyl (C=O) groups is 3. The highest BCUT2D eigenvalue weighted by atomic mass is 32.2. The maximum Gasteiger partial charge on any atom is 0.241 e. The number of amides is 3. The Labute approximate surface area is 175 Å². The van der Waals surface area contributed by atoms with E-state index in [1.165, 1.54) is 0 Å². The van der Waals surface area contributed by atoms with Crippen LogP contribution in [0, 0.1) is 0 Å². The number of hydrogen-bond acceptors (Lipinski definition) is 5. The number of thioether (sulfide) groups is 1. The second-order valence-corrected chi connectivity index (χ2v) is 9.17. The average molecular weight is 417 g/mol. The molecule has 4 rings (SSSR count). The summed E-state index contributed by atoms with van der Waals surface area (Å²) in [7, 11) is 0. The van der Waals surface area contributed by atoms with Gasteiger partial charge in [0.1, 0.15) is 0 Å². The van der Waals surface area contributed by atoms with Crippen molar-refractivity contribution in [2.24, 2.45) is 0 Å². The number of likely N-dealkylation sites (tertiary alicyclic amines) is 1. The Morgan fingerprint density at radius 2 is 1.93 bits per heavy atom. The molecule has 2 saturated heterocycles. The molecule has 0 saturated carbocycles. The van der Waals surface area contributed by atoms with Crippen LogP contribution in [0.4, 0.5) is 11.4 Å². The molecule has 0 bridgehead atoms. The number of hydrogen-bond donors (Lipinski definition) is 1. The molecule has 0 aromatic heterocycles. The Balaban J connectivity index is 1.50. The average Bonchev–Trinajstić information content (AvgIpc) is 3.12. The number of nitrogens with one attached hydrogen (secondary N) is 1. The predicted molar refractivity (Wildman–Crippen MR) is 115 cm³/mol. The van der Waals surface area contributed by atoms with E-state index in [1.54, 1.807) is 4.90 Å². The summed E-state index contributed by atoms with van der Waals surface area (Å²) < 4.78 is 0. The first kappa shape index (κ1) is 20.2. The summed E-state index contributed by atoms with van der Waals surface area (Å²) in [5, 5.41) is 2.89. The van der Waals surface area contributed by atoms with Crippen molar-refractivity contribution in [3.05, 3.63) is 24.3 Å². The SMILES string of the molecule is CC1CC(=O)Nc2ccccc2N1C(=O)CN1CCCC1C(=O)N1CCSCC1. The molecular formula is C21H28N4O3S. The minimum absolute atomic E-state index is 0.0599. The van der Waals surface area contributed by atoms with E-state index in [9.17, 15) is 14.4 Å². The number of anilines is 2. The van der Waals surface area contributed by atoms with Crippen LogP contribution in [-0.4, -0.2) is 77.3 Å². The third kappa shape index (κ3) is 4.28. The van der Waals surface area contributed by atoms with E-state index in [2.05, 4.69) is 5.32 Å². The third-order valence-corrected chi connectivity index (χ3v) is 6.88. The van der Waals surface area contributed by atoms with Crippen molar-refractivity contribution in [3.63, 3.8) is 0 Å². The molecule has 7 nitrogen and oxygen atoms in total. The van der Waals surface area contributed by atoms with E-state index in [1.807, 2.05) is 52.8 Å². The van der Waals surface area contributed by atoms with E-state index in [0.717, 1.165) is 49.7 Å². The highest BCUT2D eigenvalue weighted by Gasteiger charge is 2.37. The predicted octanol–water partition coefficient (Wildman–Crippen LogP) is 1.79. The lowest BCUT2D eigenvalue weighted by molar-refractivity contribution is -0.136. The Bertz CT molecular complexity index is 796. The Kier molecular flexibility index (Phi) is 6.10. The standard InChI is InChI=1S/C21H28N4O3S/c1-15-13-19(26)22-16-5-2-3-6-17(16)25(15)20(27)14-24-8-4-7-18(24)21(28)23-9-11-29-12-10-23/h2-3,5-6,15,18H,4,7-14H2,1H3,(H,22,26). The summed E-state index contributed by atoms with van der Waals surface area (Å²) in [5.41, 5.74) is 1.39. The van der Waals surface area contributed by atoms with Crippen molar-refractivity contribution in [2.75, 3.05) is 47.9 Å². The molecule has 1 aromatic carbocycles. The molecule has 2 unspecified atom stereocenters. The number of rotatable bonds is 3. The molecule has 8 heteroatoms. The van der Waals surface area contributed by atoms with Crippen LogP contribution in [0.25, 0.3) is 0 Å². The summed E-state index contributed by atoms with van der Waals surface area (Å²) in [6.07, 6.45) is 1.99. The van der Waals surface area contributed by atoms with E-state index in [4.69, 9.17) is 0 Å². The van der Waals surface area contributed by atoms with Gasteiger partial charge < -0.3 is 15.1 Å². The first-order valence-corrected chi connectivity index (χ1v) is 11.5. The van der Waals surface area contributed by atoms with Gasteiger partial charge in [-0.05, 0) is 38.4 Å². The number of fused-ring (bicyclic) bond motifs is 1. The van der Waals surface area contributed by atoms with Crippen LogP contribution in [0.5, 0.6) is 0 Å². The van der Waals surface area contributed by atoms with Crippen molar-refractivity contribution in [1.29, 1.82) is 0 Å². The number of carbonyl (C=O) groups excluding carboxylic acids is 3. The Hall–Kier alpha value is -2.06. The molecule has 0 aliphatic carbocycles. The van der Waals surface area contributed by atoms with Crippen LogP contribution in [0.2, 0.25) is 0 Å². The fourth-order valence-electron chi connectivity index (χ4n) is 4.51. The summed E-state index contributed by atoms with van der Waals surface area (Å²) in [6, 6.07) is 6.97. The minimum Gasteiger partial charge on any atom is -0.340 e. The molecule has 29 heavy (non-hydrogen) atoms. The van der Waals surface area contributed by atoms with Crippen molar-refractivity contribution in [2.45, 2.75) is 38.3 Å². The van der Waals surface area contributed by atoms with E-state index in [-0.39, 0.29) is 42.8 Å². The van der Waals surface area contributed by atoms with Crippen molar-refractivity contribution < 1.29 is 14.4 Å². The fourth-order valence-corrected chi connectivity index (χ4v) is 5.41. The highest BCUT2D eigenvalue weighted by Crippen LogP contribution is 2.32. The van der Waals surface area contributed by atoms with Gasteiger partial charge in [-0.3, -0.25) is 19.3 Å². The lowest BCUT2D eigenvalue weighted by atomic mass is 10.1. The molecule has 3 amide bonds. The van der Waals surface area contributed by atoms with Crippen LogP contribution in [0.1, 0.15) is 26.2 Å². The molecular weight excluding hydrogens is 388 g/mol. The second kappa shape index (κ2) is 8.75. The molecule has 3 aliphatic rings. The molecule has 2 fully saturated rings. The van der Waals surface area contributed by atoms with Crippen LogP contribution in [0.15, 0.2) is 24.3 Å². The number of para-hydroxylation sites is 2. The zero-order valence-corrected chi connectivity index (χ0v) is 17.6. The second-order valence-electron chi connectivity index (χ2n) is 7.95.